The first kappa shape index (κ1) is 15.5. The van der Waals surface area contributed by atoms with Gasteiger partial charge in [0.1, 0.15) is 5.82 Å². The fraction of sp³-hybridized carbons (Fsp3) is 0.462. The van der Waals surface area contributed by atoms with E-state index in [0.717, 1.165) is 6.42 Å². The molecule has 0 aliphatic heterocycles. The molecule has 0 aliphatic rings. The van der Waals surface area contributed by atoms with Crippen molar-refractivity contribution in [3.63, 3.8) is 0 Å². The van der Waals surface area contributed by atoms with Crippen LogP contribution in [0.25, 0.3) is 0 Å². The van der Waals surface area contributed by atoms with Crippen molar-refractivity contribution in [1.29, 1.82) is 0 Å². The fourth-order valence-corrected chi connectivity index (χ4v) is 1.57. The van der Waals surface area contributed by atoms with E-state index in [9.17, 15) is 22.4 Å². The Labute approximate surface area is 108 Å². The Morgan fingerprint density at radius 1 is 1.37 bits per heavy atom. The molecule has 0 heterocycles. The molecule has 0 spiro atoms. The minimum atomic E-state index is -4.63. The van der Waals surface area contributed by atoms with Gasteiger partial charge >= 0.3 is 12.1 Å². The van der Waals surface area contributed by atoms with Crippen molar-refractivity contribution in [3.05, 3.63) is 35.1 Å². The number of carbonyl (C=O) groups excluding carboxylic acids is 1. The molecule has 1 rings (SSSR count). The van der Waals surface area contributed by atoms with Crippen LogP contribution in [0.1, 0.15) is 42.6 Å². The van der Waals surface area contributed by atoms with Gasteiger partial charge in [-0.2, -0.15) is 13.2 Å². The molecular weight excluding hydrogens is 264 g/mol. The lowest BCUT2D eigenvalue weighted by molar-refractivity contribution is -0.137. The Hall–Kier alpha value is -1.59. The van der Waals surface area contributed by atoms with Gasteiger partial charge in [0.25, 0.3) is 0 Å². The molecule has 6 heteroatoms. The molecule has 19 heavy (non-hydrogen) atoms. The minimum absolute atomic E-state index is 0.466. The van der Waals surface area contributed by atoms with Gasteiger partial charge in [-0.25, -0.2) is 9.18 Å². The highest BCUT2D eigenvalue weighted by Crippen LogP contribution is 2.30. The van der Waals surface area contributed by atoms with Gasteiger partial charge in [-0.3, -0.25) is 0 Å². The number of rotatable bonds is 4. The molecule has 2 nitrogen and oxygen atoms in total. The van der Waals surface area contributed by atoms with E-state index in [1.165, 1.54) is 0 Å². The van der Waals surface area contributed by atoms with Crippen molar-refractivity contribution in [1.82, 2.24) is 0 Å². The Morgan fingerprint density at radius 3 is 2.53 bits per heavy atom. The summed E-state index contributed by atoms with van der Waals surface area (Å²) >= 11 is 0. The highest BCUT2D eigenvalue weighted by molar-refractivity contribution is 5.90. The lowest BCUT2D eigenvalue weighted by Gasteiger charge is -2.13. The first-order valence-corrected chi connectivity index (χ1v) is 5.83. The highest BCUT2D eigenvalue weighted by Gasteiger charge is 2.32. The molecule has 0 radical (unpaired) electrons. The van der Waals surface area contributed by atoms with E-state index in [0.29, 0.717) is 24.6 Å². The van der Waals surface area contributed by atoms with E-state index < -0.39 is 35.2 Å². The van der Waals surface area contributed by atoms with Crippen LogP contribution in [-0.4, -0.2) is 12.1 Å². The number of carbonyl (C=O) groups is 1. The molecule has 1 atom stereocenters. The highest BCUT2D eigenvalue weighted by atomic mass is 19.4. The van der Waals surface area contributed by atoms with Crippen molar-refractivity contribution < 1.29 is 27.1 Å². The predicted molar refractivity (Wildman–Crippen MR) is 61.2 cm³/mol. The zero-order valence-corrected chi connectivity index (χ0v) is 10.6. The van der Waals surface area contributed by atoms with Gasteiger partial charge < -0.3 is 4.74 Å². The lowest BCUT2D eigenvalue weighted by Crippen LogP contribution is -2.17. The van der Waals surface area contributed by atoms with E-state index in [-0.39, 0.29) is 0 Å². The largest absolute Gasteiger partial charge is 0.459 e. The van der Waals surface area contributed by atoms with Gasteiger partial charge in [-0.05, 0) is 31.5 Å². The van der Waals surface area contributed by atoms with Crippen LogP contribution in [0.2, 0.25) is 0 Å². The summed E-state index contributed by atoms with van der Waals surface area (Å²) in [5.41, 5.74) is -1.78. The average Bonchev–Trinajstić information content (AvgIpc) is 2.27. The molecule has 0 aromatic heterocycles. The van der Waals surface area contributed by atoms with Crippen LogP contribution in [-0.2, 0) is 10.9 Å². The summed E-state index contributed by atoms with van der Waals surface area (Å²) in [4.78, 5) is 11.6. The molecule has 1 aromatic carbocycles. The quantitative estimate of drug-likeness (QED) is 0.609. The van der Waals surface area contributed by atoms with Gasteiger partial charge in [0.2, 0.25) is 0 Å². The minimum Gasteiger partial charge on any atom is -0.459 e. The van der Waals surface area contributed by atoms with E-state index in [1.807, 2.05) is 6.92 Å². The number of halogens is 4. The van der Waals surface area contributed by atoms with Gasteiger partial charge in [-0.1, -0.05) is 13.3 Å². The molecule has 0 aliphatic carbocycles. The number of hydrogen-bond acceptors (Lipinski definition) is 2. The molecule has 0 N–H and O–H groups in total. The summed E-state index contributed by atoms with van der Waals surface area (Å²) in [6.07, 6.45) is -3.78. The number of ether oxygens (including phenoxy) is 1. The van der Waals surface area contributed by atoms with E-state index in [2.05, 4.69) is 0 Å². The van der Waals surface area contributed by atoms with Crippen LogP contribution in [0, 0.1) is 5.82 Å². The molecule has 0 saturated heterocycles. The summed E-state index contributed by atoms with van der Waals surface area (Å²) in [5, 5.41) is 0. The second-order valence-corrected chi connectivity index (χ2v) is 4.20. The third-order valence-corrected chi connectivity index (χ3v) is 2.52. The van der Waals surface area contributed by atoms with Gasteiger partial charge in [0.05, 0.1) is 17.2 Å². The maximum absolute atomic E-state index is 13.4. The van der Waals surface area contributed by atoms with Gasteiger partial charge in [0, 0.05) is 0 Å². The maximum atomic E-state index is 13.4. The van der Waals surface area contributed by atoms with Crippen LogP contribution in [0.4, 0.5) is 17.6 Å². The van der Waals surface area contributed by atoms with Crippen molar-refractivity contribution in [2.24, 2.45) is 0 Å². The fourth-order valence-electron chi connectivity index (χ4n) is 1.57. The van der Waals surface area contributed by atoms with E-state index in [1.54, 1.807) is 6.92 Å². The van der Waals surface area contributed by atoms with Crippen LogP contribution in [0.15, 0.2) is 18.2 Å². The normalized spacial score (nSPS) is 13.2. The molecule has 1 aromatic rings. The smallest absolute Gasteiger partial charge is 0.416 e. The number of benzene rings is 1. The molecule has 0 bridgehead atoms. The predicted octanol–water partition coefficient (Wildman–Crippen LogP) is 4.19. The van der Waals surface area contributed by atoms with Crippen molar-refractivity contribution in [2.45, 2.75) is 39.0 Å². The summed E-state index contributed by atoms with van der Waals surface area (Å²) < 4.78 is 55.7. The Morgan fingerprint density at radius 2 is 2.00 bits per heavy atom. The second kappa shape index (κ2) is 6.04. The molecule has 0 amide bonds. The maximum Gasteiger partial charge on any atom is 0.416 e. The second-order valence-electron chi connectivity index (χ2n) is 4.20. The summed E-state index contributed by atoms with van der Waals surface area (Å²) in [6, 6.07) is 1.67. The topological polar surface area (TPSA) is 26.3 Å². The summed E-state index contributed by atoms with van der Waals surface area (Å²) in [6.45, 7) is 3.47. The Bertz CT molecular complexity index is 454. The molecule has 0 saturated carbocycles. The number of esters is 1. The van der Waals surface area contributed by atoms with Gasteiger partial charge in [0.15, 0.2) is 0 Å². The third kappa shape index (κ3) is 4.22. The molecular formula is C13H14F4O2. The number of hydrogen-bond donors (Lipinski definition) is 0. The summed E-state index contributed by atoms with van der Waals surface area (Å²) in [5.74, 6) is -2.11. The van der Waals surface area contributed by atoms with Crippen molar-refractivity contribution in [2.75, 3.05) is 0 Å². The average molecular weight is 278 g/mol. The summed E-state index contributed by atoms with van der Waals surface area (Å²) in [7, 11) is 0. The molecule has 0 fully saturated rings. The monoisotopic (exact) mass is 278 g/mol. The molecule has 1 unspecified atom stereocenters. The van der Waals surface area contributed by atoms with Gasteiger partial charge in [-0.15, -0.1) is 0 Å². The van der Waals surface area contributed by atoms with Crippen LogP contribution < -0.4 is 0 Å². The van der Waals surface area contributed by atoms with Crippen LogP contribution >= 0.6 is 0 Å². The van der Waals surface area contributed by atoms with Crippen molar-refractivity contribution in [3.8, 4) is 0 Å². The standard InChI is InChI=1S/C13H14F4O2/c1-3-4-8(2)19-12(18)10-7-9(13(15,16)17)5-6-11(10)14/h5-8H,3-4H2,1-2H3. The van der Waals surface area contributed by atoms with E-state index in [4.69, 9.17) is 4.74 Å². The van der Waals surface area contributed by atoms with E-state index >= 15 is 0 Å². The first-order chi connectivity index (χ1) is 8.75. The lowest BCUT2D eigenvalue weighted by atomic mass is 10.1. The van der Waals surface area contributed by atoms with Crippen LogP contribution in [0.5, 0.6) is 0 Å². The zero-order valence-electron chi connectivity index (χ0n) is 10.6. The van der Waals surface area contributed by atoms with Crippen LogP contribution in [0.3, 0.4) is 0 Å². The van der Waals surface area contributed by atoms with Crippen molar-refractivity contribution >= 4 is 5.97 Å². The SMILES string of the molecule is CCCC(C)OC(=O)c1cc(C(F)(F)F)ccc1F. The Balaban J connectivity index is 2.96. The zero-order chi connectivity index (χ0) is 14.6. The Kier molecular flexibility index (Phi) is 4.91. The number of alkyl halides is 3. The third-order valence-electron chi connectivity index (χ3n) is 2.52. The molecule has 106 valence electrons. The first-order valence-electron chi connectivity index (χ1n) is 5.83.